The number of aromatic nitrogens is 3. The Morgan fingerprint density at radius 3 is 2.22 bits per heavy atom. The summed E-state index contributed by atoms with van der Waals surface area (Å²) in [5.74, 6) is -0.349. The minimum absolute atomic E-state index is 0.251. The van der Waals surface area contributed by atoms with Gasteiger partial charge in [0.25, 0.3) is 17.7 Å². The van der Waals surface area contributed by atoms with Crippen LogP contribution in [0.1, 0.15) is 47.3 Å². The van der Waals surface area contributed by atoms with Crippen molar-refractivity contribution >= 4 is 45.8 Å². The SMILES string of the molecule is Cc1cc(C)nc(Nc2ccc(C(=O)Nc3ncc(CCN4C(=O)c5ccccc5C4=O)s3)cc2)n1. The van der Waals surface area contributed by atoms with Gasteiger partial charge in [-0.25, -0.2) is 15.0 Å². The molecule has 2 N–H and O–H groups in total. The highest BCUT2D eigenvalue weighted by Gasteiger charge is 2.34. The van der Waals surface area contributed by atoms with Gasteiger partial charge in [-0.1, -0.05) is 12.1 Å². The maximum absolute atomic E-state index is 12.7. The maximum Gasteiger partial charge on any atom is 0.261 e. The predicted octanol–water partition coefficient (Wildman–Crippen LogP) is 4.38. The highest BCUT2D eigenvalue weighted by molar-refractivity contribution is 7.15. The zero-order valence-electron chi connectivity index (χ0n) is 19.6. The van der Waals surface area contributed by atoms with E-state index in [-0.39, 0.29) is 24.3 Å². The normalized spacial score (nSPS) is 12.6. The first kappa shape index (κ1) is 23.3. The number of hydrogen-bond acceptors (Lipinski definition) is 8. The summed E-state index contributed by atoms with van der Waals surface area (Å²) in [7, 11) is 0. The third-order valence-electron chi connectivity index (χ3n) is 5.62. The van der Waals surface area contributed by atoms with Crippen LogP contribution in [0.3, 0.4) is 0 Å². The number of thiazole rings is 1. The molecule has 3 amide bonds. The van der Waals surface area contributed by atoms with E-state index < -0.39 is 0 Å². The number of carbonyl (C=O) groups is 3. The summed E-state index contributed by atoms with van der Waals surface area (Å²) in [6.45, 7) is 4.06. The average Bonchev–Trinajstić information content (AvgIpc) is 3.39. The first-order chi connectivity index (χ1) is 17.4. The van der Waals surface area contributed by atoms with Gasteiger partial charge in [0.2, 0.25) is 5.95 Å². The van der Waals surface area contributed by atoms with Gasteiger partial charge in [0.15, 0.2) is 5.13 Å². The van der Waals surface area contributed by atoms with Gasteiger partial charge in [-0.2, -0.15) is 0 Å². The molecule has 0 spiro atoms. The van der Waals surface area contributed by atoms with E-state index in [0.717, 1.165) is 22.0 Å². The van der Waals surface area contributed by atoms with Gasteiger partial charge in [0.05, 0.1) is 11.1 Å². The second-order valence-electron chi connectivity index (χ2n) is 8.32. The van der Waals surface area contributed by atoms with Crippen molar-refractivity contribution in [3.63, 3.8) is 0 Å². The van der Waals surface area contributed by atoms with Crippen molar-refractivity contribution in [2.45, 2.75) is 20.3 Å². The van der Waals surface area contributed by atoms with Crippen LogP contribution in [0.15, 0.2) is 60.8 Å². The third-order valence-corrected chi connectivity index (χ3v) is 6.59. The Labute approximate surface area is 211 Å². The number of aryl methyl sites for hydroxylation is 2. The molecule has 0 saturated heterocycles. The van der Waals surface area contributed by atoms with Gasteiger partial charge in [-0.15, -0.1) is 11.3 Å². The van der Waals surface area contributed by atoms with Gasteiger partial charge >= 0.3 is 0 Å². The minimum Gasteiger partial charge on any atom is -0.324 e. The maximum atomic E-state index is 12.7. The van der Waals surface area contributed by atoms with Crippen LogP contribution in [-0.4, -0.2) is 44.1 Å². The van der Waals surface area contributed by atoms with Crippen LogP contribution >= 0.6 is 11.3 Å². The lowest BCUT2D eigenvalue weighted by Gasteiger charge is -2.12. The summed E-state index contributed by atoms with van der Waals surface area (Å²) in [6.07, 6.45) is 2.11. The van der Waals surface area contributed by atoms with Gasteiger partial charge in [0, 0.05) is 46.7 Å². The fourth-order valence-electron chi connectivity index (χ4n) is 3.93. The van der Waals surface area contributed by atoms with E-state index in [9.17, 15) is 14.4 Å². The van der Waals surface area contributed by atoms with E-state index in [0.29, 0.717) is 34.2 Å². The Morgan fingerprint density at radius 1 is 0.944 bits per heavy atom. The van der Waals surface area contributed by atoms with Crippen molar-refractivity contribution in [1.29, 1.82) is 0 Å². The fourth-order valence-corrected chi connectivity index (χ4v) is 4.73. The lowest BCUT2D eigenvalue weighted by molar-refractivity contribution is 0.0656. The molecule has 5 rings (SSSR count). The molecule has 0 aliphatic carbocycles. The Balaban J connectivity index is 1.17. The first-order valence-electron chi connectivity index (χ1n) is 11.3. The zero-order valence-corrected chi connectivity index (χ0v) is 20.4. The molecule has 1 aliphatic rings. The van der Waals surface area contributed by atoms with Crippen molar-refractivity contribution in [2.24, 2.45) is 0 Å². The highest BCUT2D eigenvalue weighted by atomic mass is 32.1. The number of benzene rings is 2. The molecular formula is C26H22N6O3S. The number of nitrogens with one attached hydrogen (secondary N) is 2. The zero-order chi connectivity index (χ0) is 25.2. The van der Waals surface area contributed by atoms with E-state index in [4.69, 9.17) is 0 Å². The molecule has 1 aliphatic heterocycles. The number of hydrogen-bond donors (Lipinski definition) is 2. The van der Waals surface area contributed by atoms with Crippen molar-refractivity contribution < 1.29 is 14.4 Å². The van der Waals surface area contributed by atoms with Crippen LogP contribution in [-0.2, 0) is 6.42 Å². The van der Waals surface area contributed by atoms with E-state index in [1.165, 1.54) is 16.2 Å². The molecule has 0 unspecified atom stereocenters. The third kappa shape index (κ3) is 4.84. The molecule has 0 fully saturated rings. The van der Waals surface area contributed by atoms with Crippen molar-refractivity contribution in [3.05, 3.63) is 93.7 Å². The highest BCUT2D eigenvalue weighted by Crippen LogP contribution is 2.25. The number of rotatable bonds is 7. The van der Waals surface area contributed by atoms with Crippen LogP contribution in [0.2, 0.25) is 0 Å². The number of nitrogens with zero attached hydrogens (tertiary/aromatic N) is 4. The largest absolute Gasteiger partial charge is 0.324 e. The summed E-state index contributed by atoms with van der Waals surface area (Å²) in [5.41, 5.74) is 3.84. The first-order valence-corrected chi connectivity index (χ1v) is 12.1. The van der Waals surface area contributed by atoms with Crippen molar-refractivity contribution in [3.8, 4) is 0 Å². The van der Waals surface area contributed by atoms with E-state index in [1.807, 2.05) is 19.9 Å². The molecule has 3 heterocycles. The molecule has 2 aromatic carbocycles. The number of amides is 3. The molecule has 2 aromatic heterocycles. The van der Waals surface area contributed by atoms with Gasteiger partial charge in [-0.05, 0) is 56.3 Å². The molecular weight excluding hydrogens is 476 g/mol. The monoisotopic (exact) mass is 498 g/mol. The quantitative estimate of drug-likeness (QED) is 0.363. The topological polar surface area (TPSA) is 117 Å². The molecule has 0 radical (unpaired) electrons. The molecule has 36 heavy (non-hydrogen) atoms. The lowest BCUT2D eigenvalue weighted by atomic mass is 10.1. The van der Waals surface area contributed by atoms with Gasteiger partial charge < -0.3 is 5.32 Å². The Morgan fingerprint density at radius 2 is 1.58 bits per heavy atom. The molecule has 0 atom stereocenters. The minimum atomic E-state index is -0.287. The van der Waals surface area contributed by atoms with E-state index in [1.54, 1.807) is 54.7 Å². The van der Waals surface area contributed by atoms with Crippen LogP contribution < -0.4 is 10.6 Å². The summed E-state index contributed by atoms with van der Waals surface area (Å²) in [6, 6.07) is 15.7. The second-order valence-corrected chi connectivity index (χ2v) is 9.44. The van der Waals surface area contributed by atoms with Crippen molar-refractivity contribution in [1.82, 2.24) is 19.9 Å². The summed E-state index contributed by atoms with van der Waals surface area (Å²) >= 11 is 1.31. The van der Waals surface area contributed by atoms with Crippen LogP contribution in [0.25, 0.3) is 0 Å². The number of imide groups is 1. The molecule has 0 saturated carbocycles. The number of carbonyl (C=O) groups excluding carboxylic acids is 3. The van der Waals surface area contributed by atoms with Crippen LogP contribution in [0.4, 0.5) is 16.8 Å². The smallest absolute Gasteiger partial charge is 0.261 e. The van der Waals surface area contributed by atoms with Crippen LogP contribution in [0, 0.1) is 13.8 Å². The Hall–Kier alpha value is -4.44. The fraction of sp³-hybridized carbons (Fsp3) is 0.154. The molecule has 9 nitrogen and oxygen atoms in total. The van der Waals surface area contributed by atoms with Gasteiger partial charge in [-0.3, -0.25) is 24.6 Å². The van der Waals surface area contributed by atoms with E-state index in [2.05, 4.69) is 25.6 Å². The van der Waals surface area contributed by atoms with Crippen molar-refractivity contribution in [2.75, 3.05) is 17.2 Å². The predicted molar refractivity (Wildman–Crippen MR) is 137 cm³/mol. The molecule has 180 valence electrons. The summed E-state index contributed by atoms with van der Waals surface area (Å²) in [5, 5.41) is 6.38. The summed E-state index contributed by atoms with van der Waals surface area (Å²) < 4.78 is 0. The number of anilines is 3. The Kier molecular flexibility index (Phi) is 6.26. The van der Waals surface area contributed by atoms with Gasteiger partial charge in [0.1, 0.15) is 0 Å². The summed E-state index contributed by atoms with van der Waals surface area (Å²) in [4.78, 5) is 52.8. The number of fused-ring (bicyclic) bond motifs is 1. The standard InChI is InChI=1S/C26H22N6O3S/c1-15-13-16(2)29-25(28-15)30-18-9-7-17(8-10-18)22(33)31-26-27-14-19(36-26)11-12-32-23(34)20-5-3-4-6-21(20)24(32)35/h3-10,13-14H,11-12H2,1-2H3,(H,27,31,33)(H,28,29,30). The van der Waals surface area contributed by atoms with E-state index >= 15 is 0 Å². The Bertz CT molecular complexity index is 1430. The average molecular weight is 499 g/mol. The molecule has 0 bridgehead atoms. The second kappa shape index (κ2) is 9.67. The lowest BCUT2D eigenvalue weighted by Crippen LogP contribution is -2.31. The van der Waals surface area contributed by atoms with Crippen LogP contribution in [0.5, 0.6) is 0 Å². The molecule has 10 heteroatoms. The molecule has 4 aromatic rings.